The molecule has 0 saturated heterocycles. The van der Waals surface area contributed by atoms with Gasteiger partial charge in [-0.25, -0.2) is 4.98 Å². The summed E-state index contributed by atoms with van der Waals surface area (Å²) in [6.07, 6.45) is 0.605. The lowest BCUT2D eigenvalue weighted by Crippen LogP contribution is -2.35. The van der Waals surface area contributed by atoms with E-state index in [1.54, 1.807) is 31.1 Å². The second-order valence-electron chi connectivity index (χ2n) is 7.54. The normalized spacial score (nSPS) is 13.0. The van der Waals surface area contributed by atoms with Gasteiger partial charge >= 0.3 is 0 Å². The number of benzene rings is 1. The van der Waals surface area contributed by atoms with Crippen molar-refractivity contribution in [2.45, 2.75) is 19.9 Å². The number of ether oxygens (including phenoxy) is 1. The maximum atomic E-state index is 13.1. The zero-order chi connectivity index (χ0) is 22.9. The molecule has 0 saturated carbocycles. The standard InChI is InChI=1S/C22H20N6O4S/c1-12-8-17(27-32-12)20(29)24-22-23-15-6-7-28(11-19(15)33-22)21(30)18-10-16(25-26-18)13-4-3-5-14(9-13)31-2/h3-5,8-10H,6-7,11H2,1-2H3,(H,25,26)(H,23,24,29). The van der Waals surface area contributed by atoms with Gasteiger partial charge in [0.1, 0.15) is 17.2 Å². The van der Waals surface area contributed by atoms with Gasteiger partial charge in [0.25, 0.3) is 11.8 Å². The summed E-state index contributed by atoms with van der Waals surface area (Å²) in [4.78, 5) is 32.6. The number of fused-ring (bicyclic) bond motifs is 1. The molecule has 33 heavy (non-hydrogen) atoms. The summed E-state index contributed by atoms with van der Waals surface area (Å²) in [5.41, 5.74) is 3.02. The molecule has 4 heterocycles. The quantitative estimate of drug-likeness (QED) is 0.464. The third-order valence-electron chi connectivity index (χ3n) is 5.27. The molecule has 2 amide bonds. The summed E-state index contributed by atoms with van der Waals surface area (Å²) in [5.74, 6) is 0.757. The number of rotatable bonds is 5. The number of carbonyl (C=O) groups excluding carboxylic acids is 2. The van der Waals surface area contributed by atoms with Gasteiger partial charge in [-0.3, -0.25) is 20.0 Å². The molecule has 0 unspecified atom stereocenters. The lowest BCUT2D eigenvalue weighted by molar-refractivity contribution is 0.0730. The van der Waals surface area contributed by atoms with E-state index in [0.717, 1.165) is 21.9 Å². The number of aromatic amines is 1. The van der Waals surface area contributed by atoms with Crippen LogP contribution in [0.2, 0.25) is 0 Å². The van der Waals surface area contributed by atoms with Crippen molar-refractivity contribution in [3.05, 3.63) is 64.1 Å². The second kappa shape index (κ2) is 8.51. The summed E-state index contributed by atoms with van der Waals surface area (Å²) in [6.45, 7) is 2.66. The van der Waals surface area contributed by atoms with Crippen molar-refractivity contribution < 1.29 is 18.8 Å². The Morgan fingerprint density at radius 1 is 1.27 bits per heavy atom. The van der Waals surface area contributed by atoms with Crippen molar-refractivity contribution in [2.24, 2.45) is 0 Å². The monoisotopic (exact) mass is 464 g/mol. The van der Waals surface area contributed by atoms with Crippen LogP contribution in [0.15, 0.2) is 40.9 Å². The lowest BCUT2D eigenvalue weighted by Gasteiger charge is -2.25. The zero-order valence-corrected chi connectivity index (χ0v) is 18.7. The van der Waals surface area contributed by atoms with E-state index >= 15 is 0 Å². The number of aryl methyl sites for hydroxylation is 1. The highest BCUT2D eigenvalue weighted by molar-refractivity contribution is 7.15. The Morgan fingerprint density at radius 2 is 2.15 bits per heavy atom. The molecule has 0 spiro atoms. The molecule has 10 nitrogen and oxygen atoms in total. The van der Waals surface area contributed by atoms with Gasteiger partial charge in [0.15, 0.2) is 10.8 Å². The Hall–Kier alpha value is -3.99. The van der Waals surface area contributed by atoms with Crippen molar-refractivity contribution in [1.29, 1.82) is 0 Å². The molecule has 5 rings (SSSR count). The van der Waals surface area contributed by atoms with E-state index in [1.807, 2.05) is 24.3 Å². The van der Waals surface area contributed by atoms with Crippen molar-refractivity contribution in [1.82, 2.24) is 25.2 Å². The van der Waals surface area contributed by atoms with Crippen LogP contribution in [-0.2, 0) is 13.0 Å². The molecule has 1 aliphatic heterocycles. The Bertz CT molecular complexity index is 1340. The number of nitrogens with zero attached hydrogens (tertiary/aromatic N) is 4. The van der Waals surface area contributed by atoms with Crippen LogP contribution in [-0.4, -0.2) is 50.7 Å². The topological polar surface area (TPSA) is 126 Å². The van der Waals surface area contributed by atoms with E-state index in [2.05, 4.69) is 25.7 Å². The summed E-state index contributed by atoms with van der Waals surface area (Å²) in [6, 6.07) is 10.8. The van der Waals surface area contributed by atoms with Gasteiger partial charge in [0.05, 0.1) is 25.0 Å². The van der Waals surface area contributed by atoms with Crippen molar-refractivity contribution in [2.75, 3.05) is 19.0 Å². The number of methoxy groups -OCH3 is 1. The number of amides is 2. The van der Waals surface area contributed by atoms with E-state index in [0.29, 0.717) is 41.8 Å². The molecule has 1 aliphatic rings. The minimum absolute atomic E-state index is 0.139. The molecule has 0 fully saturated rings. The third-order valence-corrected chi connectivity index (χ3v) is 6.27. The van der Waals surface area contributed by atoms with E-state index < -0.39 is 0 Å². The van der Waals surface area contributed by atoms with Crippen LogP contribution in [0.25, 0.3) is 11.3 Å². The molecule has 0 aliphatic carbocycles. The highest BCUT2D eigenvalue weighted by Crippen LogP contribution is 2.30. The average molecular weight is 465 g/mol. The SMILES string of the molecule is COc1cccc(-c2cc(C(=O)N3CCc4nc(NC(=O)c5cc(C)on5)sc4C3)[nH]n2)c1. The van der Waals surface area contributed by atoms with Crippen molar-refractivity contribution in [3.63, 3.8) is 0 Å². The molecule has 0 bridgehead atoms. The van der Waals surface area contributed by atoms with Crippen LogP contribution in [0.1, 0.15) is 37.3 Å². The second-order valence-corrected chi connectivity index (χ2v) is 8.62. The molecule has 11 heteroatoms. The van der Waals surface area contributed by atoms with E-state index in [4.69, 9.17) is 9.26 Å². The van der Waals surface area contributed by atoms with Gasteiger partial charge in [0.2, 0.25) is 0 Å². The van der Waals surface area contributed by atoms with Gasteiger partial charge in [-0.15, -0.1) is 0 Å². The number of aromatic nitrogens is 4. The highest BCUT2D eigenvalue weighted by atomic mass is 32.1. The predicted molar refractivity (Wildman–Crippen MR) is 120 cm³/mol. The van der Waals surface area contributed by atoms with Crippen molar-refractivity contribution in [3.8, 4) is 17.0 Å². The first-order chi connectivity index (χ1) is 16.0. The zero-order valence-electron chi connectivity index (χ0n) is 17.9. The number of carbonyl (C=O) groups is 2. The summed E-state index contributed by atoms with van der Waals surface area (Å²) < 4.78 is 10.2. The van der Waals surface area contributed by atoms with Crippen LogP contribution in [0.3, 0.4) is 0 Å². The van der Waals surface area contributed by atoms with Gasteiger partial charge in [0, 0.05) is 29.5 Å². The molecule has 3 aromatic heterocycles. The number of H-pyrrole nitrogens is 1. The number of thiazole rings is 1. The largest absolute Gasteiger partial charge is 0.497 e. The third kappa shape index (κ3) is 4.22. The molecular formula is C22H20N6O4S. The molecule has 2 N–H and O–H groups in total. The molecule has 4 aromatic rings. The minimum Gasteiger partial charge on any atom is -0.497 e. The van der Waals surface area contributed by atoms with Crippen LogP contribution in [0.4, 0.5) is 5.13 Å². The van der Waals surface area contributed by atoms with Crippen LogP contribution in [0.5, 0.6) is 5.75 Å². The van der Waals surface area contributed by atoms with Gasteiger partial charge in [-0.2, -0.15) is 5.10 Å². The smallest absolute Gasteiger partial charge is 0.279 e. The Kier molecular flexibility index (Phi) is 5.38. The first-order valence-corrected chi connectivity index (χ1v) is 11.0. The molecule has 168 valence electrons. The minimum atomic E-state index is -0.381. The highest BCUT2D eigenvalue weighted by Gasteiger charge is 2.27. The van der Waals surface area contributed by atoms with E-state index in [-0.39, 0.29) is 17.5 Å². The first-order valence-electron chi connectivity index (χ1n) is 10.2. The predicted octanol–water partition coefficient (Wildman–Crippen LogP) is 3.29. The van der Waals surface area contributed by atoms with Crippen LogP contribution < -0.4 is 10.1 Å². The number of anilines is 1. The molecule has 0 atom stereocenters. The molecule has 1 aromatic carbocycles. The Labute approximate surface area is 192 Å². The number of nitrogens with one attached hydrogen (secondary N) is 2. The van der Waals surface area contributed by atoms with Gasteiger partial charge < -0.3 is 14.2 Å². The van der Waals surface area contributed by atoms with Gasteiger partial charge in [-0.05, 0) is 25.1 Å². The van der Waals surface area contributed by atoms with Crippen molar-refractivity contribution >= 4 is 28.3 Å². The molecular weight excluding hydrogens is 444 g/mol. The van der Waals surface area contributed by atoms with Crippen LogP contribution >= 0.6 is 11.3 Å². The summed E-state index contributed by atoms with van der Waals surface area (Å²) >= 11 is 1.35. The summed E-state index contributed by atoms with van der Waals surface area (Å²) in [5, 5.41) is 14.1. The first kappa shape index (κ1) is 20.9. The van der Waals surface area contributed by atoms with Gasteiger partial charge in [-0.1, -0.05) is 28.6 Å². The number of hydrogen-bond acceptors (Lipinski definition) is 8. The fourth-order valence-corrected chi connectivity index (χ4v) is 4.61. The fourth-order valence-electron chi connectivity index (χ4n) is 3.59. The maximum absolute atomic E-state index is 13.1. The maximum Gasteiger partial charge on any atom is 0.279 e. The Balaban J connectivity index is 1.28. The van der Waals surface area contributed by atoms with E-state index in [1.165, 1.54) is 11.3 Å². The number of hydrogen-bond donors (Lipinski definition) is 2. The van der Waals surface area contributed by atoms with E-state index in [9.17, 15) is 9.59 Å². The Morgan fingerprint density at radius 3 is 2.94 bits per heavy atom. The average Bonchev–Trinajstić information content (AvgIpc) is 3.57. The van der Waals surface area contributed by atoms with Crippen LogP contribution in [0, 0.1) is 6.92 Å². The lowest BCUT2D eigenvalue weighted by atomic mass is 10.1. The fraction of sp³-hybridized carbons (Fsp3) is 0.227. The summed E-state index contributed by atoms with van der Waals surface area (Å²) in [7, 11) is 1.61. The molecule has 0 radical (unpaired) electrons.